The third-order valence-corrected chi connectivity index (χ3v) is 9.42. The summed E-state index contributed by atoms with van der Waals surface area (Å²) in [7, 11) is 0. The van der Waals surface area contributed by atoms with Crippen LogP contribution in [-0.4, -0.2) is 76.1 Å². The zero-order valence-electron chi connectivity index (χ0n) is 28.2. The van der Waals surface area contributed by atoms with E-state index in [9.17, 15) is 24.3 Å². The first-order valence-corrected chi connectivity index (χ1v) is 17.9. The van der Waals surface area contributed by atoms with Crippen LogP contribution < -0.4 is 21.3 Å². The third-order valence-electron chi connectivity index (χ3n) is 9.42. The summed E-state index contributed by atoms with van der Waals surface area (Å²) in [6.45, 7) is 16.5. The molecule has 3 aliphatic rings. The van der Waals surface area contributed by atoms with Crippen LogP contribution in [0, 0.1) is 24.2 Å². The zero-order chi connectivity index (χ0) is 33.9. The number of ketones is 1. The summed E-state index contributed by atoms with van der Waals surface area (Å²) in [6.07, 6.45) is 8.64. The van der Waals surface area contributed by atoms with Gasteiger partial charge in [0.1, 0.15) is 12.3 Å². The van der Waals surface area contributed by atoms with Crippen LogP contribution in [0.1, 0.15) is 119 Å². The molecule has 11 nitrogen and oxygen atoms in total. The minimum absolute atomic E-state index is 0.00441. The van der Waals surface area contributed by atoms with Crippen LogP contribution in [0.15, 0.2) is 0 Å². The quantitative estimate of drug-likeness (QED) is 0.102. The molecule has 0 bridgehead atoms. The van der Waals surface area contributed by atoms with Crippen molar-refractivity contribution in [2.75, 3.05) is 6.54 Å². The van der Waals surface area contributed by atoms with Gasteiger partial charge in [-0.2, -0.15) is 6.42 Å². The molecule has 0 aromatic heterocycles. The molecule has 1 aliphatic heterocycles. The van der Waals surface area contributed by atoms with Gasteiger partial charge in [-0.3, -0.25) is 19.7 Å². The molecular formula is C33H58N5O6Os-. The molecule has 0 aromatic rings. The van der Waals surface area contributed by atoms with Gasteiger partial charge in [-0.15, -0.1) is 0 Å². The van der Waals surface area contributed by atoms with Gasteiger partial charge in [0.2, 0.25) is 11.7 Å². The summed E-state index contributed by atoms with van der Waals surface area (Å²) in [4.78, 5) is 55.0. The van der Waals surface area contributed by atoms with E-state index in [0.29, 0.717) is 56.7 Å². The summed E-state index contributed by atoms with van der Waals surface area (Å²) >= 11 is 0.611. The molecule has 0 aromatic carbocycles. The summed E-state index contributed by atoms with van der Waals surface area (Å²) in [5, 5.41) is 23.6. The average Bonchev–Trinajstić information content (AvgIpc) is 3.71. The number of carbonyl (C=O) groups excluding carboxylic acids is 4. The van der Waals surface area contributed by atoms with E-state index in [0.717, 1.165) is 51.4 Å². The second-order valence-corrected chi connectivity index (χ2v) is 14.8. The first-order valence-electron chi connectivity index (χ1n) is 16.8. The number of nitrogens with zero attached hydrogens (tertiary/aromatic N) is 1. The maximum absolute atomic E-state index is 14.3. The van der Waals surface area contributed by atoms with Crippen molar-refractivity contribution in [2.45, 2.75) is 155 Å². The summed E-state index contributed by atoms with van der Waals surface area (Å²) in [5.74, 6) is -1.13. The number of urea groups is 1. The van der Waals surface area contributed by atoms with Gasteiger partial charge in [0.25, 0.3) is 5.91 Å². The summed E-state index contributed by atoms with van der Waals surface area (Å²) in [6, 6.07) is -2.60. The molecule has 5 N–H and O–H groups in total. The molecule has 3 rings (SSSR count). The normalized spacial score (nSPS) is 23.3. The van der Waals surface area contributed by atoms with Gasteiger partial charge < -0.3 is 32.9 Å². The minimum atomic E-state index is -1.21. The molecule has 260 valence electrons. The second-order valence-electron chi connectivity index (χ2n) is 14.8. The monoisotopic (exact) mass is 812 g/mol. The molecule has 3 fully saturated rings. The summed E-state index contributed by atoms with van der Waals surface area (Å²) < 4.78 is 8.28. The van der Waals surface area contributed by atoms with E-state index in [-0.39, 0.29) is 29.4 Å². The molecule has 1 saturated heterocycles. The molecule has 4 amide bonds. The number of rotatable bonds is 14. The summed E-state index contributed by atoms with van der Waals surface area (Å²) in [5.41, 5.74) is -0.960. The Balaban J connectivity index is 0.00000345. The van der Waals surface area contributed by atoms with Gasteiger partial charge in [0, 0.05) is 18.1 Å². The Morgan fingerprint density at radius 2 is 1.67 bits per heavy atom. The van der Waals surface area contributed by atoms with Gasteiger partial charge in [0.05, 0.1) is 12.1 Å². The maximum atomic E-state index is 14.3. The predicted molar refractivity (Wildman–Crippen MR) is 168 cm³/mol. The zero-order valence-corrected chi connectivity index (χ0v) is 30.8. The standard InChI is InChI=1S/C33H58N5O5.O.Os/c1-8-13-24(26(39)29(41)34-23-14-15-23)35-28(40)25-22(20-21(3)4)16-19-38(25)30(42)27(32(5,6)7)36-31(43)37-33(9-2)17-11-10-12-18-33;;/h21-25,27-28,35,40H,2,8-20H2,1,3-7H3,(H,34,41)(H2,36,37,43);;/q-1;;/t22?,24-,25+,27-,28?;;/m1../s1. The van der Waals surface area contributed by atoms with Crippen molar-refractivity contribution < 1.29 is 46.4 Å². The van der Waals surface area contributed by atoms with Crippen LogP contribution in [0.3, 0.4) is 0 Å². The number of hydrogen-bond donors (Lipinski definition) is 5. The Morgan fingerprint density at radius 1 is 1.04 bits per heavy atom. The molecule has 2 saturated carbocycles. The van der Waals surface area contributed by atoms with E-state index in [1.807, 2.05) is 27.7 Å². The number of carbonyl (C=O) groups is 4. The Morgan fingerprint density at radius 3 is 2.18 bits per heavy atom. The fourth-order valence-electron chi connectivity index (χ4n) is 6.84. The van der Waals surface area contributed by atoms with Crippen LogP contribution in [0.25, 0.3) is 0 Å². The number of amides is 4. The molecule has 1 heterocycles. The Kier molecular flexibility index (Phi) is 15.7. The van der Waals surface area contributed by atoms with E-state index in [1.54, 1.807) is 4.90 Å². The Hall–Kier alpha value is -1.76. The van der Waals surface area contributed by atoms with Gasteiger partial charge in [-0.05, 0) is 62.2 Å². The number of aliphatic hydroxyl groups excluding tert-OH is 1. The number of hydrogen-bond acceptors (Lipinski definition) is 7. The van der Waals surface area contributed by atoms with E-state index in [4.69, 9.17) is 3.54 Å². The molecule has 2 unspecified atom stereocenters. The molecule has 2 aliphatic carbocycles. The number of Topliss-reactive ketones (excluding diaryl/α,β-unsaturated/α-hetero) is 1. The fourth-order valence-corrected chi connectivity index (χ4v) is 6.84. The SMILES string of the molecule is [CH2-]CC1(NC(=O)N[C@H](C(=O)N2CCC(CC(C)C)[C@H]2C(O)N[C@H](CCC)C(=O)C(=O)NC2CC2)C(C)(C)C)CCCCC1.[O]=[Os]. The number of nitrogens with one attached hydrogen (secondary N) is 4. The van der Waals surface area contributed by atoms with Crippen LogP contribution in [-0.2, 0) is 36.5 Å². The van der Waals surface area contributed by atoms with E-state index in [1.165, 1.54) is 0 Å². The van der Waals surface area contributed by atoms with Crippen LogP contribution >= 0.6 is 0 Å². The Labute approximate surface area is 280 Å². The Bertz CT molecular complexity index is 995. The van der Waals surface area contributed by atoms with Gasteiger partial charge >= 0.3 is 28.1 Å². The van der Waals surface area contributed by atoms with Crippen molar-refractivity contribution >= 4 is 23.6 Å². The van der Waals surface area contributed by atoms with Crippen LogP contribution in [0.5, 0.6) is 0 Å². The fraction of sp³-hybridized carbons (Fsp3) is 0.848. The molecule has 12 heteroatoms. The van der Waals surface area contributed by atoms with Gasteiger partial charge in [-0.1, -0.05) is 67.2 Å². The topological polar surface area (TPSA) is 157 Å². The van der Waals surface area contributed by atoms with Crippen molar-refractivity contribution in [2.24, 2.45) is 17.3 Å². The van der Waals surface area contributed by atoms with Gasteiger partial charge in [-0.25, -0.2) is 4.79 Å². The predicted octanol–water partition coefficient (Wildman–Crippen LogP) is 3.69. The van der Waals surface area contributed by atoms with Crippen molar-refractivity contribution in [3.05, 3.63) is 6.92 Å². The average molecular weight is 811 g/mol. The van der Waals surface area contributed by atoms with E-state index >= 15 is 0 Å². The molecule has 5 atom stereocenters. The number of likely N-dealkylation sites (tertiary alicyclic amines) is 1. The molecule has 0 radical (unpaired) electrons. The van der Waals surface area contributed by atoms with E-state index < -0.39 is 41.5 Å². The van der Waals surface area contributed by atoms with Crippen molar-refractivity contribution in [3.8, 4) is 0 Å². The molecule has 0 spiro atoms. The van der Waals surface area contributed by atoms with E-state index in [2.05, 4.69) is 42.0 Å². The number of aliphatic hydroxyl groups is 1. The third kappa shape index (κ3) is 11.5. The first-order chi connectivity index (χ1) is 21.2. The first kappa shape index (κ1) is 39.4. The molecular weight excluding hydrogens is 753 g/mol. The van der Waals surface area contributed by atoms with Crippen molar-refractivity contribution in [3.63, 3.8) is 0 Å². The van der Waals surface area contributed by atoms with Crippen molar-refractivity contribution in [1.82, 2.24) is 26.2 Å². The van der Waals surface area contributed by atoms with Crippen LogP contribution in [0.4, 0.5) is 4.79 Å². The van der Waals surface area contributed by atoms with Crippen LogP contribution in [0.2, 0.25) is 0 Å². The molecule has 45 heavy (non-hydrogen) atoms. The van der Waals surface area contributed by atoms with Gasteiger partial charge in [0.15, 0.2) is 0 Å². The van der Waals surface area contributed by atoms with Crippen molar-refractivity contribution in [1.29, 1.82) is 0 Å². The second kappa shape index (κ2) is 18.0.